The third-order valence-electron chi connectivity index (χ3n) is 1.95. The molecule has 3 N–H and O–H groups in total. The van der Waals surface area contributed by atoms with Crippen LogP contribution in [0.25, 0.3) is 0 Å². The maximum Gasteiger partial charge on any atom is 0.254 e. The number of hydrogen-bond acceptors (Lipinski definition) is 4. The summed E-state index contributed by atoms with van der Waals surface area (Å²) in [6.45, 7) is 1.32. The van der Waals surface area contributed by atoms with Gasteiger partial charge in [0.05, 0.1) is 17.4 Å². The number of anilines is 1. The lowest BCUT2D eigenvalue weighted by Crippen LogP contribution is -2.31. The molecule has 0 aliphatic heterocycles. The molecule has 1 aromatic rings. The molecule has 1 amide bonds. The molecule has 0 aliphatic rings. The second-order valence-corrected chi connectivity index (χ2v) is 4.02. The average Bonchev–Trinajstić information content (AvgIpc) is 2.21. The Kier molecular flexibility index (Phi) is 4.52. The van der Waals surface area contributed by atoms with Crippen molar-refractivity contribution in [3.05, 3.63) is 23.0 Å². The fraction of sp³-hybridized carbons (Fsp3) is 0.400. The van der Waals surface area contributed by atoms with Crippen LogP contribution in [-0.2, 0) is 0 Å². The number of likely N-dealkylation sites (N-methyl/N-ethyl adjacent to an activating group) is 1. The van der Waals surface area contributed by atoms with Crippen molar-refractivity contribution in [3.63, 3.8) is 0 Å². The number of rotatable bonds is 4. The molecule has 1 aromatic heterocycles. The summed E-state index contributed by atoms with van der Waals surface area (Å²) in [5.74, 6) is -0.258. The van der Waals surface area contributed by atoms with Gasteiger partial charge < -0.3 is 16.0 Å². The number of nitrogen functional groups attached to an aromatic ring is 1. The highest BCUT2D eigenvalue weighted by Crippen LogP contribution is 2.14. The standard InChI is InChI=1S/C10H15ClN4O/c1-15(2)4-3-13-10(16)8-5-7(12)6-14-9(8)11/h5-6H,3-4,12H2,1-2H3,(H,13,16). The van der Waals surface area contributed by atoms with Crippen molar-refractivity contribution in [2.75, 3.05) is 32.9 Å². The Labute approximate surface area is 99.6 Å². The van der Waals surface area contributed by atoms with Gasteiger partial charge in [-0.3, -0.25) is 4.79 Å². The summed E-state index contributed by atoms with van der Waals surface area (Å²) >= 11 is 5.79. The first-order valence-electron chi connectivity index (χ1n) is 4.84. The van der Waals surface area contributed by atoms with E-state index in [0.29, 0.717) is 17.8 Å². The fourth-order valence-corrected chi connectivity index (χ4v) is 1.30. The predicted octanol–water partition coefficient (Wildman–Crippen LogP) is 0.609. The van der Waals surface area contributed by atoms with E-state index in [9.17, 15) is 4.79 Å². The van der Waals surface area contributed by atoms with Gasteiger partial charge >= 0.3 is 0 Å². The molecule has 0 unspecified atom stereocenters. The van der Waals surface area contributed by atoms with Crippen LogP contribution in [0.1, 0.15) is 10.4 Å². The van der Waals surface area contributed by atoms with Crippen LogP contribution in [0.15, 0.2) is 12.3 Å². The number of amides is 1. The summed E-state index contributed by atoms with van der Waals surface area (Å²) in [6.07, 6.45) is 1.42. The van der Waals surface area contributed by atoms with Gasteiger partial charge in [0.15, 0.2) is 0 Å². The van der Waals surface area contributed by atoms with Crippen LogP contribution in [0, 0.1) is 0 Å². The van der Waals surface area contributed by atoms with Crippen LogP contribution in [0.2, 0.25) is 5.15 Å². The highest BCUT2D eigenvalue weighted by Gasteiger charge is 2.11. The van der Waals surface area contributed by atoms with E-state index in [4.69, 9.17) is 17.3 Å². The zero-order valence-corrected chi connectivity index (χ0v) is 10.1. The lowest BCUT2D eigenvalue weighted by molar-refractivity contribution is 0.0951. The highest BCUT2D eigenvalue weighted by atomic mass is 35.5. The fourth-order valence-electron chi connectivity index (χ4n) is 1.11. The molecular weight excluding hydrogens is 228 g/mol. The van der Waals surface area contributed by atoms with Crippen molar-refractivity contribution >= 4 is 23.2 Å². The molecule has 0 aromatic carbocycles. The number of carbonyl (C=O) groups is 1. The number of carbonyl (C=O) groups excluding carboxylic acids is 1. The van der Waals surface area contributed by atoms with Crippen LogP contribution in [0.5, 0.6) is 0 Å². The molecule has 6 heteroatoms. The van der Waals surface area contributed by atoms with E-state index < -0.39 is 0 Å². The maximum atomic E-state index is 11.7. The van der Waals surface area contributed by atoms with Crippen molar-refractivity contribution in [1.82, 2.24) is 15.2 Å². The number of nitrogens with two attached hydrogens (primary N) is 1. The van der Waals surface area contributed by atoms with E-state index in [1.165, 1.54) is 12.3 Å². The van der Waals surface area contributed by atoms with Crippen LogP contribution in [-0.4, -0.2) is 43.0 Å². The van der Waals surface area contributed by atoms with E-state index in [1.807, 2.05) is 19.0 Å². The molecule has 88 valence electrons. The van der Waals surface area contributed by atoms with Gasteiger partial charge in [-0.2, -0.15) is 0 Å². The van der Waals surface area contributed by atoms with Gasteiger partial charge in [0.2, 0.25) is 0 Å². The van der Waals surface area contributed by atoms with Crippen molar-refractivity contribution in [3.8, 4) is 0 Å². The minimum Gasteiger partial charge on any atom is -0.397 e. The summed E-state index contributed by atoms with van der Waals surface area (Å²) < 4.78 is 0. The van der Waals surface area contributed by atoms with Crippen molar-refractivity contribution in [2.45, 2.75) is 0 Å². The lowest BCUT2D eigenvalue weighted by Gasteiger charge is -2.10. The normalized spacial score (nSPS) is 10.5. The Morgan fingerprint density at radius 1 is 1.62 bits per heavy atom. The zero-order chi connectivity index (χ0) is 12.1. The minimum atomic E-state index is -0.258. The van der Waals surface area contributed by atoms with Crippen LogP contribution >= 0.6 is 11.6 Å². The summed E-state index contributed by atoms with van der Waals surface area (Å²) in [5.41, 5.74) is 6.26. The van der Waals surface area contributed by atoms with Gasteiger partial charge in [-0.15, -0.1) is 0 Å². The number of hydrogen-bond donors (Lipinski definition) is 2. The Morgan fingerprint density at radius 2 is 2.31 bits per heavy atom. The van der Waals surface area contributed by atoms with Gasteiger partial charge in [0.25, 0.3) is 5.91 Å². The molecule has 1 heterocycles. The SMILES string of the molecule is CN(C)CCNC(=O)c1cc(N)cnc1Cl. The highest BCUT2D eigenvalue weighted by molar-refractivity contribution is 6.32. The Bertz CT molecular complexity index is 381. The third kappa shape index (κ3) is 3.67. The van der Waals surface area contributed by atoms with E-state index in [-0.39, 0.29) is 11.1 Å². The Balaban J connectivity index is 2.62. The average molecular weight is 243 g/mol. The molecule has 16 heavy (non-hydrogen) atoms. The molecule has 5 nitrogen and oxygen atoms in total. The van der Waals surface area contributed by atoms with Gasteiger partial charge in [0, 0.05) is 13.1 Å². The van der Waals surface area contributed by atoms with Gasteiger partial charge in [-0.25, -0.2) is 4.98 Å². The molecule has 0 bridgehead atoms. The first kappa shape index (κ1) is 12.7. The molecule has 0 fully saturated rings. The van der Waals surface area contributed by atoms with E-state index in [2.05, 4.69) is 10.3 Å². The first-order chi connectivity index (χ1) is 7.50. The molecular formula is C10H15ClN4O. The molecule has 0 saturated heterocycles. The summed E-state index contributed by atoms with van der Waals surface area (Å²) in [6, 6.07) is 1.51. The largest absolute Gasteiger partial charge is 0.397 e. The lowest BCUT2D eigenvalue weighted by atomic mass is 10.2. The molecule has 1 rings (SSSR count). The molecule has 0 radical (unpaired) electrons. The van der Waals surface area contributed by atoms with Crippen molar-refractivity contribution < 1.29 is 4.79 Å². The minimum absolute atomic E-state index is 0.163. The quantitative estimate of drug-likeness (QED) is 0.759. The number of nitrogens with zero attached hydrogens (tertiary/aromatic N) is 2. The predicted molar refractivity (Wildman–Crippen MR) is 64.5 cm³/mol. The van der Waals surface area contributed by atoms with Crippen LogP contribution in [0.4, 0.5) is 5.69 Å². The third-order valence-corrected chi connectivity index (χ3v) is 2.25. The number of aromatic nitrogens is 1. The zero-order valence-electron chi connectivity index (χ0n) is 9.33. The van der Waals surface area contributed by atoms with E-state index in [1.54, 1.807) is 0 Å². The van der Waals surface area contributed by atoms with Crippen LogP contribution < -0.4 is 11.1 Å². The van der Waals surface area contributed by atoms with Gasteiger partial charge in [-0.05, 0) is 20.2 Å². The van der Waals surface area contributed by atoms with Crippen molar-refractivity contribution in [1.29, 1.82) is 0 Å². The number of halogens is 1. The molecule has 0 aliphatic carbocycles. The second kappa shape index (κ2) is 5.67. The van der Waals surface area contributed by atoms with E-state index >= 15 is 0 Å². The maximum absolute atomic E-state index is 11.7. The summed E-state index contributed by atoms with van der Waals surface area (Å²) in [5, 5.41) is 2.90. The first-order valence-corrected chi connectivity index (χ1v) is 5.22. The smallest absolute Gasteiger partial charge is 0.254 e. The Morgan fingerprint density at radius 3 is 2.94 bits per heavy atom. The topological polar surface area (TPSA) is 71.2 Å². The number of pyridine rings is 1. The van der Waals surface area contributed by atoms with Crippen molar-refractivity contribution in [2.24, 2.45) is 0 Å². The monoisotopic (exact) mass is 242 g/mol. The molecule has 0 atom stereocenters. The number of nitrogens with one attached hydrogen (secondary N) is 1. The Hall–Kier alpha value is -1.33. The molecule has 0 saturated carbocycles. The van der Waals surface area contributed by atoms with Gasteiger partial charge in [-0.1, -0.05) is 11.6 Å². The summed E-state index contributed by atoms with van der Waals surface area (Å²) in [7, 11) is 3.86. The summed E-state index contributed by atoms with van der Waals surface area (Å²) in [4.78, 5) is 17.5. The van der Waals surface area contributed by atoms with Crippen LogP contribution in [0.3, 0.4) is 0 Å². The second-order valence-electron chi connectivity index (χ2n) is 3.67. The van der Waals surface area contributed by atoms with E-state index in [0.717, 1.165) is 6.54 Å². The van der Waals surface area contributed by atoms with Gasteiger partial charge in [0.1, 0.15) is 5.15 Å². The molecule has 0 spiro atoms.